The van der Waals surface area contributed by atoms with Gasteiger partial charge in [0, 0.05) is 5.38 Å². The Hall–Kier alpha value is -1.68. The number of methoxy groups -OCH3 is 1. The maximum Gasteiger partial charge on any atom is 0.328 e. The summed E-state index contributed by atoms with van der Waals surface area (Å²) in [5, 5.41) is 4.36. The first-order valence-corrected chi connectivity index (χ1v) is 9.19. The summed E-state index contributed by atoms with van der Waals surface area (Å²) in [5.41, 5.74) is 0.418. The van der Waals surface area contributed by atoms with Gasteiger partial charge in [-0.25, -0.2) is 18.2 Å². The highest BCUT2D eigenvalue weighted by Crippen LogP contribution is 2.17. The summed E-state index contributed by atoms with van der Waals surface area (Å²) >= 11 is 1.08. The number of ether oxygens (including phenoxy) is 1. The van der Waals surface area contributed by atoms with Crippen molar-refractivity contribution >= 4 is 38.4 Å². The van der Waals surface area contributed by atoms with Crippen molar-refractivity contribution in [1.82, 2.24) is 10.3 Å². The van der Waals surface area contributed by atoms with Crippen molar-refractivity contribution in [2.45, 2.75) is 26.3 Å². The second-order valence-electron chi connectivity index (χ2n) is 5.01. The Balaban J connectivity index is 2.67. The highest BCUT2D eigenvalue weighted by molar-refractivity contribution is 7.92. The van der Waals surface area contributed by atoms with E-state index in [9.17, 15) is 18.0 Å². The molecule has 2 N–H and O–H groups in total. The summed E-state index contributed by atoms with van der Waals surface area (Å²) in [6, 6.07) is -0.732. The molecule has 0 fully saturated rings. The molecule has 0 unspecified atom stereocenters. The minimum absolute atomic E-state index is 0.0534. The lowest BCUT2D eigenvalue weighted by Crippen LogP contribution is -2.45. The zero-order chi connectivity index (χ0) is 16.9. The number of hydrogen-bond donors (Lipinski definition) is 2. The van der Waals surface area contributed by atoms with Crippen LogP contribution in [0.25, 0.3) is 0 Å². The quantitative estimate of drug-likeness (QED) is 0.688. The smallest absolute Gasteiger partial charge is 0.328 e. The van der Waals surface area contributed by atoms with Gasteiger partial charge in [-0.1, -0.05) is 13.8 Å². The van der Waals surface area contributed by atoms with Gasteiger partial charge in [0.25, 0.3) is 0 Å². The van der Waals surface area contributed by atoms with E-state index < -0.39 is 22.0 Å². The molecule has 0 saturated carbocycles. The lowest BCUT2D eigenvalue weighted by molar-refractivity contribution is -0.146. The molecule has 0 radical (unpaired) electrons. The Morgan fingerprint density at radius 1 is 1.41 bits per heavy atom. The summed E-state index contributed by atoms with van der Waals surface area (Å²) in [4.78, 5) is 27.5. The highest BCUT2D eigenvalue weighted by Gasteiger charge is 2.25. The summed E-state index contributed by atoms with van der Waals surface area (Å²) in [7, 11) is -2.14. The van der Waals surface area contributed by atoms with E-state index in [1.54, 1.807) is 19.2 Å². The van der Waals surface area contributed by atoms with Crippen LogP contribution >= 0.6 is 11.3 Å². The van der Waals surface area contributed by atoms with Crippen LogP contribution in [0, 0.1) is 5.92 Å². The first-order valence-electron chi connectivity index (χ1n) is 6.41. The van der Waals surface area contributed by atoms with Crippen LogP contribution in [0.15, 0.2) is 5.38 Å². The fourth-order valence-electron chi connectivity index (χ4n) is 1.61. The molecule has 0 aliphatic rings. The molecule has 0 aliphatic carbocycles. The predicted octanol–water partition coefficient (Wildman–Crippen LogP) is 0.371. The topological polar surface area (TPSA) is 114 Å². The number of sulfonamides is 1. The molecule has 0 spiro atoms. The van der Waals surface area contributed by atoms with Crippen molar-refractivity contribution in [3.63, 3.8) is 0 Å². The number of esters is 1. The fourth-order valence-corrected chi connectivity index (χ4v) is 3.17. The fraction of sp³-hybridized carbons (Fsp3) is 0.583. The minimum Gasteiger partial charge on any atom is -0.467 e. The Bertz CT molecular complexity index is 639. The third kappa shape index (κ3) is 5.98. The maximum atomic E-state index is 11.9. The predicted molar refractivity (Wildman–Crippen MR) is 83.1 cm³/mol. The molecule has 124 valence electrons. The number of hydrogen-bond acceptors (Lipinski definition) is 7. The monoisotopic (exact) mass is 349 g/mol. The first-order chi connectivity index (χ1) is 10.1. The van der Waals surface area contributed by atoms with E-state index in [1.165, 1.54) is 7.11 Å². The van der Waals surface area contributed by atoms with Crippen LogP contribution in [0.4, 0.5) is 5.13 Å². The summed E-state index contributed by atoms with van der Waals surface area (Å²) in [6.45, 7) is 3.58. The van der Waals surface area contributed by atoms with Gasteiger partial charge < -0.3 is 10.1 Å². The van der Waals surface area contributed by atoms with Crippen LogP contribution in [-0.2, 0) is 30.8 Å². The molecule has 1 amide bonds. The molecule has 1 atom stereocenters. The Kier molecular flexibility index (Phi) is 6.30. The van der Waals surface area contributed by atoms with Gasteiger partial charge >= 0.3 is 5.97 Å². The molecule has 1 aromatic rings. The van der Waals surface area contributed by atoms with Crippen LogP contribution in [0.5, 0.6) is 0 Å². The second-order valence-corrected chi connectivity index (χ2v) is 7.61. The number of carbonyl (C=O) groups is 2. The molecule has 1 rings (SSSR count). The van der Waals surface area contributed by atoms with Crippen molar-refractivity contribution in [3.8, 4) is 0 Å². The number of nitrogens with zero attached hydrogens (tertiary/aromatic N) is 1. The van der Waals surface area contributed by atoms with Crippen LogP contribution in [0.3, 0.4) is 0 Å². The molecular weight excluding hydrogens is 330 g/mol. The zero-order valence-corrected chi connectivity index (χ0v) is 14.4. The molecule has 8 nitrogen and oxygen atoms in total. The minimum atomic E-state index is -3.40. The average molecular weight is 349 g/mol. The molecule has 0 aromatic carbocycles. The number of amides is 1. The molecule has 0 saturated heterocycles. The van der Waals surface area contributed by atoms with E-state index in [4.69, 9.17) is 0 Å². The third-order valence-electron chi connectivity index (χ3n) is 2.60. The van der Waals surface area contributed by atoms with Gasteiger partial charge in [-0.05, 0) is 5.92 Å². The van der Waals surface area contributed by atoms with Crippen LogP contribution in [-0.4, -0.2) is 44.7 Å². The van der Waals surface area contributed by atoms with E-state index in [1.807, 2.05) is 0 Å². The van der Waals surface area contributed by atoms with Crippen molar-refractivity contribution in [2.75, 3.05) is 18.1 Å². The Labute approximate surface area is 133 Å². The first kappa shape index (κ1) is 18.4. The molecule has 1 aromatic heterocycles. The number of nitrogens with one attached hydrogen (secondary N) is 2. The van der Waals surface area contributed by atoms with Crippen LogP contribution in [0.2, 0.25) is 0 Å². The van der Waals surface area contributed by atoms with E-state index in [0.29, 0.717) is 5.69 Å². The molecule has 22 heavy (non-hydrogen) atoms. The molecule has 10 heteroatoms. The number of anilines is 1. The third-order valence-corrected chi connectivity index (χ3v) is 4.10. The van der Waals surface area contributed by atoms with Crippen LogP contribution < -0.4 is 10.0 Å². The van der Waals surface area contributed by atoms with Crippen molar-refractivity contribution in [2.24, 2.45) is 5.92 Å². The summed E-state index contributed by atoms with van der Waals surface area (Å²) in [6.07, 6.45) is 0.965. The average Bonchev–Trinajstić information content (AvgIpc) is 2.79. The van der Waals surface area contributed by atoms with E-state index >= 15 is 0 Å². The van der Waals surface area contributed by atoms with Gasteiger partial charge in [0.05, 0.1) is 25.5 Å². The zero-order valence-electron chi connectivity index (χ0n) is 12.7. The van der Waals surface area contributed by atoms with Gasteiger partial charge in [0.2, 0.25) is 15.9 Å². The second kappa shape index (κ2) is 7.54. The number of thiazole rings is 1. The molecular formula is C12H19N3O5S2. The summed E-state index contributed by atoms with van der Waals surface area (Å²) in [5.74, 6) is -1.02. The van der Waals surface area contributed by atoms with Gasteiger partial charge in [-0.3, -0.25) is 9.52 Å². The number of rotatable bonds is 7. The van der Waals surface area contributed by atoms with Crippen LogP contribution in [0.1, 0.15) is 19.5 Å². The normalized spacial score (nSPS) is 12.8. The highest BCUT2D eigenvalue weighted by atomic mass is 32.2. The standard InChI is InChI=1S/C12H19N3O5S2/c1-7(2)10(11(17)20-3)14-9(16)5-8-6-21-12(13-8)15-22(4,18)19/h6-7,10H,5H2,1-4H3,(H,13,15)(H,14,16)/t10-/m1/s1. The summed E-state index contributed by atoms with van der Waals surface area (Å²) < 4.78 is 29.0. The van der Waals surface area contributed by atoms with E-state index in [2.05, 4.69) is 19.8 Å². The number of aromatic nitrogens is 1. The van der Waals surface area contributed by atoms with Gasteiger partial charge in [-0.2, -0.15) is 0 Å². The number of carbonyl (C=O) groups excluding carboxylic acids is 2. The Morgan fingerprint density at radius 3 is 2.55 bits per heavy atom. The van der Waals surface area contributed by atoms with Gasteiger partial charge in [-0.15, -0.1) is 11.3 Å². The van der Waals surface area contributed by atoms with Crippen molar-refractivity contribution < 1.29 is 22.7 Å². The van der Waals surface area contributed by atoms with Gasteiger partial charge in [0.1, 0.15) is 6.04 Å². The SMILES string of the molecule is COC(=O)[C@H](NC(=O)Cc1csc(NS(C)(=O)=O)n1)C(C)C. The maximum absolute atomic E-state index is 11.9. The lowest BCUT2D eigenvalue weighted by Gasteiger charge is -2.19. The largest absolute Gasteiger partial charge is 0.467 e. The lowest BCUT2D eigenvalue weighted by atomic mass is 10.0. The molecule has 0 bridgehead atoms. The molecule has 0 aliphatic heterocycles. The molecule has 1 heterocycles. The van der Waals surface area contributed by atoms with E-state index in [-0.39, 0.29) is 23.4 Å². The van der Waals surface area contributed by atoms with Crippen molar-refractivity contribution in [3.05, 3.63) is 11.1 Å². The van der Waals surface area contributed by atoms with Gasteiger partial charge in [0.15, 0.2) is 5.13 Å². The van der Waals surface area contributed by atoms with E-state index in [0.717, 1.165) is 17.6 Å². The van der Waals surface area contributed by atoms with Crippen molar-refractivity contribution in [1.29, 1.82) is 0 Å². The Morgan fingerprint density at radius 2 is 2.05 bits per heavy atom.